The third-order valence-electron chi connectivity index (χ3n) is 18.3. The molecule has 1 aliphatic carbocycles. The van der Waals surface area contributed by atoms with E-state index in [4.69, 9.17) is 44.1 Å². The lowest BCUT2D eigenvalue weighted by atomic mass is 9.81. The van der Waals surface area contributed by atoms with E-state index >= 15 is 4.39 Å². The zero-order valence-corrected chi connectivity index (χ0v) is 62.1. The molecule has 9 rings (SSSR count). The molecule has 0 bridgehead atoms. The summed E-state index contributed by atoms with van der Waals surface area (Å²) in [6.45, 7) is 4.62. The standard InChI is InChI=1S/C71H85Br2FN14O17/c1-6-71(48-29-55-65-46(38-88(55)68(97)47(48)39-104-69(71)98)64-50(85-67(96)51-8-7-9-56(75)83-51)15-14-44-41(3)49(74)30-53(84-65)63(44)64)105-70(99)87(5)19-18-86(4)62(94)37-81-61(93)36-80-60(92)35-79-59(91)34-78-58(90)33-77-57(89)16-20-100-22-24-102-26-27-103-25-23-101-21-17-76-66(95)43-13-12-42-11-10-40(2)45(31-72)54(32-73)82-52(42)28-43/h7-9,12-13,28-30,50H,6,10-11,14-27,31-39H2,1-5H3,(H2,75,83)(H,76,95)(H,77,89)(H,78,90)(H,79,91)(H,80,92)(H,81,93)(H,85,96)/b45-40+,82-54?/t50-,71-/m1/s1. The number of fused-ring (bicyclic) bond motifs is 6. The molecule has 4 aliphatic rings. The summed E-state index contributed by atoms with van der Waals surface area (Å²) in [5.41, 5.74) is 12.6. The fraction of sp³-hybridized carbons (Fsp3) is 0.465. The minimum Gasteiger partial charge on any atom is -0.457 e. The van der Waals surface area contributed by atoms with Crippen LogP contribution in [0.2, 0.25) is 0 Å². The Morgan fingerprint density at radius 2 is 1.33 bits per heavy atom. The van der Waals surface area contributed by atoms with Gasteiger partial charge in [0.1, 0.15) is 23.9 Å². The van der Waals surface area contributed by atoms with Crippen molar-refractivity contribution in [3.8, 4) is 11.4 Å². The van der Waals surface area contributed by atoms with E-state index < -0.39 is 116 Å². The number of nitrogens with one attached hydrogen (secondary N) is 7. The number of nitrogens with two attached hydrogens (primary N) is 1. The van der Waals surface area contributed by atoms with Crippen molar-refractivity contribution >= 4 is 119 Å². The molecule has 9 amide bonds. The summed E-state index contributed by atoms with van der Waals surface area (Å²) >= 11 is 7.15. The van der Waals surface area contributed by atoms with Crippen LogP contribution < -0.4 is 48.5 Å². The summed E-state index contributed by atoms with van der Waals surface area (Å²) in [5, 5.41) is 19.6. The van der Waals surface area contributed by atoms with Gasteiger partial charge in [-0.2, -0.15) is 0 Å². The smallest absolute Gasteiger partial charge is 0.411 e. The molecular weight excluding hydrogens is 1500 g/mol. The number of aliphatic imine (C=N–C) groups is 1. The van der Waals surface area contributed by atoms with Crippen LogP contribution in [0.15, 0.2) is 69.5 Å². The molecule has 6 heterocycles. The van der Waals surface area contributed by atoms with Gasteiger partial charge in [-0.15, -0.1) is 0 Å². The summed E-state index contributed by atoms with van der Waals surface area (Å²) in [7, 11) is 2.78. The van der Waals surface area contributed by atoms with Gasteiger partial charge in [-0.05, 0) is 104 Å². The van der Waals surface area contributed by atoms with Crippen molar-refractivity contribution in [2.75, 3.05) is 136 Å². The third kappa shape index (κ3) is 20.1. The van der Waals surface area contributed by atoms with Crippen molar-refractivity contribution < 1.29 is 80.8 Å². The number of carbonyl (C=O) groups is 10. The number of halogens is 3. The minimum atomic E-state index is -2.12. The van der Waals surface area contributed by atoms with Gasteiger partial charge >= 0.3 is 12.1 Å². The first-order valence-corrected chi connectivity index (χ1v) is 36.4. The van der Waals surface area contributed by atoms with Gasteiger partial charge in [-0.1, -0.05) is 56.5 Å². The number of amides is 9. The summed E-state index contributed by atoms with van der Waals surface area (Å²) in [6.07, 6.45) is 1.35. The summed E-state index contributed by atoms with van der Waals surface area (Å²) in [4.78, 5) is 160. The van der Waals surface area contributed by atoms with Crippen molar-refractivity contribution in [3.05, 3.63) is 126 Å². The van der Waals surface area contributed by atoms with E-state index in [1.807, 2.05) is 18.2 Å². The second-order valence-corrected chi connectivity index (χ2v) is 26.3. The van der Waals surface area contributed by atoms with Crippen molar-refractivity contribution in [2.24, 2.45) is 4.99 Å². The molecule has 0 unspecified atom stereocenters. The predicted molar refractivity (Wildman–Crippen MR) is 388 cm³/mol. The molecule has 9 N–H and O–H groups in total. The van der Waals surface area contributed by atoms with Gasteiger partial charge in [-0.3, -0.25) is 48.1 Å². The average Bonchev–Trinajstić information content (AvgIpc) is 1.63. The highest BCUT2D eigenvalue weighted by Gasteiger charge is 2.51. The Kier molecular flexibility index (Phi) is 28.3. The number of alkyl halides is 2. The van der Waals surface area contributed by atoms with Crippen LogP contribution in [0.4, 0.5) is 20.7 Å². The monoisotopic (exact) mass is 1580 g/mol. The molecule has 562 valence electrons. The number of hydrogen-bond acceptors (Lipinski definition) is 21. The normalized spacial score (nSPS) is 16.1. The topological polar surface area (TPSA) is 403 Å². The van der Waals surface area contributed by atoms with Gasteiger partial charge in [-0.25, -0.2) is 23.9 Å². The van der Waals surface area contributed by atoms with Crippen LogP contribution in [0.1, 0.15) is 105 Å². The Morgan fingerprint density at radius 1 is 0.705 bits per heavy atom. The van der Waals surface area contributed by atoms with Crippen LogP contribution in [-0.2, 0) is 93.6 Å². The third-order valence-corrected chi connectivity index (χ3v) is 19.4. The highest BCUT2D eigenvalue weighted by molar-refractivity contribution is 9.09. The van der Waals surface area contributed by atoms with Gasteiger partial charge in [0.15, 0.2) is 0 Å². The lowest BCUT2D eigenvalue weighted by Gasteiger charge is -2.36. The highest BCUT2D eigenvalue weighted by atomic mass is 79.9. The number of esters is 1. The average molecular weight is 1590 g/mol. The number of carbonyl (C=O) groups excluding carboxylic acids is 10. The van der Waals surface area contributed by atoms with E-state index in [1.165, 1.54) is 46.8 Å². The number of aromatic nitrogens is 3. The molecule has 31 nitrogen and oxygen atoms in total. The number of hydrogen-bond donors (Lipinski definition) is 8. The first-order valence-electron chi connectivity index (χ1n) is 34.2. The predicted octanol–water partition coefficient (Wildman–Crippen LogP) is 3.05. The molecule has 5 aromatic rings. The van der Waals surface area contributed by atoms with E-state index in [2.05, 4.69) is 81.0 Å². The van der Waals surface area contributed by atoms with Crippen LogP contribution in [0.25, 0.3) is 22.3 Å². The maximum Gasteiger partial charge on any atom is 0.411 e. The van der Waals surface area contributed by atoms with Crippen molar-refractivity contribution in [3.63, 3.8) is 0 Å². The lowest BCUT2D eigenvalue weighted by Crippen LogP contribution is -2.50. The molecular formula is C71H85Br2FN14O17. The number of allylic oxidation sites excluding steroid dienone is 2. The molecule has 0 fully saturated rings. The van der Waals surface area contributed by atoms with Crippen molar-refractivity contribution in [1.29, 1.82) is 0 Å². The second kappa shape index (κ2) is 37.4. The second-order valence-electron chi connectivity index (χ2n) is 25.2. The molecule has 3 aromatic heterocycles. The fourth-order valence-corrected chi connectivity index (χ4v) is 13.6. The van der Waals surface area contributed by atoms with E-state index in [0.29, 0.717) is 102 Å². The first-order chi connectivity index (χ1) is 50.4. The van der Waals surface area contributed by atoms with Crippen LogP contribution in [-0.4, -0.2) is 219 Å². The van der Waals surface area contributed by atoms with E-state index in [-0.39, 0.29) is 86.5 Å². The minimum absolute atomic E-state index is 0.00744. The zero-order valence-electron chi connectivity index (χ0n) is 58.9. The molecule has 34 heteroatoms. The Hall–Kier alpha value is -9.61. The Morgan fingerprint density at radius 3 is 1.97 bits per heavy atom. The number of ether oxygens (including phenoxy) is 6. The Balaban J connectivity index is 0.603. The van der Waals surface area contributed by atoms with Gasteiger partial charge in [0.25, 0.3) is 17.4 Å². The van der Waals surface area contributed by atoms with E-state index in [0.717, 1.165) is 40.3 Å². The number of aryl methyl sites for hydroxylation is 2. The van der Waals surface area contributed by atoms with Gasteiger partial charge in [0.2, 0.25) is 41.0 Å². The summed E-state index contributed by atoms with van der Waals surface area (Å²) in [5.74, 6) is -5.94. The number of nitrogens with zero attached hydrogens (tertiary/aromatic N) is 6. The fourth-order valence-electron chi connectivity index (χ4n) is 12.3. The highest BCUT2D eigenvalue weighted by Crippen LogP contribution is 2.47. The zero-order chi connectivity index (χ0) is 75.5. The number of pyridine rings is 3. The summed E-state index contributed by atoms with van der Waals surface area (Å²) < 4.78 is 50.7. The number of rotatable bonds is 35. The molecule has 3 aliphatic heterocycles. The molecule has 0 saturated heterocycles. The van der Waals surface area contributed by atoms with E-state index in [9.17, 15) is 52.7 Å². The van der Waals surface area contributed by atoms with E-state index in [1.54, 1.807) is 32.0 Å². The van der Waals surface area contributed by atoms with Crippen LogP contribution >= 0.6 is 31.9 Å². The lowest BCUT2D eigenvalue weighted by molar-refractivity contribution is -0.173. The SMILES string of the molecule is CC[C@]1(OC(=O)N(C)CCN(C)C(=O)CNC(=O)CNC(=O)CNC(=O)CNC(=O)CNC(=O)CCOCCOCCOCCOCCNC(=O)c2ccc3c(c2)N=C(CBr)/C(CBr)=C(\C)CC3)C(=O)OCc2c1cc1n(c2=O)Cc2c-1nc1cc(F)c(C)c3c1c2[C@H](NC(=O)c1cccc(N)n1)CC3. The maximum absolute atomic E-state index is 15.6. The number of anilines is 1. The summed E-state index contributed by atoms with van der Waals surface area (Å²) in [6, 6.07) is 12.6. The number of benzene rings is 2. The van der Waals surface area contributed by atoms with Gasteiger partial charge < -0.3 is 85.7 Å². The first kappa shape index (κ1) is 79.5. The van der Waals surface area contributed by atoms with Gasteiger partial charge in [0.05, 0.1) is 132 Å². The van der Waals surface area contributed by atoms with Crippen molar-refractivity contribution in [2.45, 2.75) is 84.1 Å². The Bertz CT molecular complexity index is 4310. The molecule has 105 heavy (non-hydrogen) atoms. The maximum atomic E-state index is 15.6. The van der Waals surface area contributed by atoms with Crippen LogP contribution in [0.3, 0.4) is 0 Å². The van der Waals surface area contributed by atoms with Crippen LogP contribution in [0, 0.1) is 12.7 Å². The van der Waals surface area contributed by atoms with Gasteiger partial charge in [0, 0.05) is 79.0 Å². The largest absolute Gasteiger partial charge is 0.457 e. The Labute approximate surface area is 620 Å². The number of nitrogen functional groups attached to an aromatic ring is 1. The number of likely N-dealkylation sites (N-methyl/N-ethyl adjacent to an activating group) is 2. The van der Waals surface area contributed by atoms with Crippen molar-refractivity contribution in [1.82, 2.24) is 61.6 Å². The molecule has 0 saturated carbocycles. The number of cyclic esters (lactones) is 1. The molecule has 0 radical (unpaired) electrons. The van der Waals surface area contributed by atoms with Crippen LogP contribution in [0.5, 0.6) is 0 Å². The molecule has 0 spiro atoms. The quantitative estimate of drug-likeness (QED) is 0.0161. The molecule has 2 atom stereocenters. The molecule has 2 aromatic carbocycles.